The van der Waals surface area contributed by atoms with Gasteiger partial charge in [-0.2, -0.15) is 18.4 Å². The maximum atomic E-state index is 12.9. The number of aliphatic hydroxyl groups is 1. The van der Waals surface area contributed by atoms with Crippen LogP contribution in [0.1, 0.15) is 46.1 Å². The lowest BCUT2D eigenvalue weighted by Crippen LogP contribution is -2.32. The fourth-order valence-corrected chi connectivity index (χ4v) is 4.08. The SMILES string of the molecule is Cc1ccc(N2CCc3ncnc(NC(CCO)c4ccc(C(F)(F)F)nc4)c3C2)c(C#N)c1. The average Bonchev–Trinajstić information content (AvgIpc) is 2.83. The van der Waals surface area contributed by atoms with Crippen molar-refractivity contribution in [2.45, 2.75) is 38.5 Å². The molecule has 0 bridgehead atoms. The Kier molecular flexibility index (Phi) is 6.65. The Hall–Kier alpha value is -3.71. The highest BCUT2D eigenvalue weighted by Gasteiger charge is 2.32. The number of benzene rings is 1. The van der Waals surface area contributed by atoms with E-state index in [2.05, 4.69) is 31.2 Å². The van der Waals surface area contributed by atoms with Gasteiger partial charge in [-0.15, -0.1) is 0 Å². The standard InChI is InChI=1S/C24H23F3N6O/c1-15-2-4-21(17(10-15)11-28)33-8-6-20-18(13-33)23(31-14-30-20)32-19(7-9-34)16-3-5-22(29-12-16)24(25,26)27/h2-5,10,12,14,19,34H,6-9,13H2,1H3,(H,30,31,32). The van der Waals surface area contributed by atoms with Crippen molar-refractivity contribution in [1.82, 2.24) is 15.0 Å². The Balaban J connectivity index is 1.62. The average molecular weight is 468 g/mol. The number of anilines is 2. The molecule has 176 valence electrons. The maximum Gasteiger partial charge on any atom is 0.433 e. The van der Waals surface area contributed by atoms with E-state index in [1.54, 1.807) is 0 Å². The summed E-state index contributed by atoms with van der Waals surface area (Å²) in [4.78, 5) is 14.4. The summed E-state index contributed by atoms with van der Waals surface area (Å²) in [5.41, 5.74) is 3.66. The Morgan fingerprint density at radius 3 is 2.71 bits per heavy atom. The second kappa shape index (κ2) is 9.65. The van der Waals surface area contributed by atoms with Gasteiger partial charge in [0, 0.05) is 37.9 Å². The van der Waals surface area contributed by atoms with Gasteiger partial charge in [0.05, 0.1) is 23.0 Å². The van der Waals surface area contributed by atoms with Crippen molar-refractivity contribution in [2.24, 2.45) is 0 Å². The van der Waals surface area contributed by atoms with Gasteiger partial charge in [-0.25, -0.2) is 9.97 Å². The summed E-state index contributed by atoms with van der Waals surface area (Å²) in [5, 5.41) is 22.4. The molecule has 2 aromatic heterocycles. The number of aryl methyl sites for hydroxylation is 1. The van der Waals surface area contributed by atoms with Crippen LogP contribution in [0.15, 0.2) is 42.9 Å². The van der Waals surface area contributed by atoms with E-state index in [1.165, 1.54) is 18.6 Å². The summed E-state index contributed by atoms with van der Waals surface area (Å²) in [7, 11) is 0. The molecule has 34 heavy (non-hydrogen) atoms. The van der Waals surface area contributed by atoms with Gasteiger partial charge < -0.3 is 15.3 Å². The van der Waals surface area contributed by atoms with Crippen LogP contribution >= 0.6 is 0 Å². The fraction of sp³-hybridized carbons (Fsp3) is 0.333. The van der Waals surface area contributed by atoms with E-state index in [1.807, 2.05) is 25.1 Å². The number of nitrogens with one attached hydrogen (secondary N) is 1. The zero-order valence-electron chi connectivity index (χ0n) is 18.5. The number of pyridine rings is 1. The minimum absolute atomic E-state index is 0.174. The normalized spacial score (nSPS) is 14.3. The smallest absolute Gasteiger partial charge is 0.396 e. The molecule has 1 unspecified atom stereocenters. The predicted octanol–water partition coefficient (Wildman–Crippen LogP) is 4.17. The van der Waals surface area contributed by atoms with Gasteiger partial charge in [0.1, 0.15) is 23.9 Å². The number of aromatic nitrogens is 3. The molecule has 10 heteroatoms. The zero-order chi connectivity index (χ0) is 24.3. The van der Waals surface area contributed by atoms with Crippen molar-refractivity contribution < 1.29 is 18.3 Å². The lowest BCUT2D eigenvalue weighted by atomic mass is 10.0. The number of rotatable bonds is 6. The summed E-state index contributed by atoms with van der Waals surface area (Å²) < 4.78 is 38.7. The molecule has 1 aromatic carbocycles. The monoisotopic (exact) mass is 468 g/mol. The van der Waals surface area contributed by atoms with E-state index in [-0.39, 0.29) is 13.0 Å². The Morgan fingerprint density at radius 2 is 2.03 bits per heavy atom. The van der Waals surface area contributed by atoms with Gasteiger partial charge >= 0.3 is 6.18 Å². The first-order valence-electron chi connectivity index (χ1n) is 10.8. The largest absolute Gasteiger partial charge is 0.433 e. The summed E-state index contributed by atoms with van der Waals surface area (Å²) in [6, 6.07) is 9.78. The number of halogens is 3. The maximum absolute atomic E-state index is 12.9. The number of nitriles is 1. The van der Waals surface area contributed by atoms with E-state index < -0.39 is 17.9 Å². The van der Waals surface area contributed by atoms with Crippen LogP contribution in [0.2, 0.25) is 0 Å². The molecule has 7 nitrogen and oxygen atoms in total. The number of hydrogen-bond donors (Lipinski definition) is 2. The lowest BCUT2D eigenvalue weighted by Gasteiger charge is -2.32. The van der Waals surface area contributed by atoms with Gasteiger partial charge in [0.15, 0.2) is 0 Å². The molecule has 0 aliphatic carbocycles. The number of hydrogen-bond acceptors (Lipinski definition) is 7. The molecule has 1 aliphatic rings. The number of fused-ring (bicyclic) bond motifs is 1. The van der Waals surface area contributed by atoms with E-state index in [0.29, 0.717) is 36.5 Å². The quantitative estimate of drug-likeness (QED) is 0.560. The minimum Gasteiger partial charge on any atom is -0.396 e. The van der Waals surface area contributed by atoms with E-state index >= 15 is 0 Å². The molecule has 1 atom stereocenters. The Bertz CT molecular complexity index is 1210. The minimum atomic E-state index is -4.52. The van der Waals surface area contributed by atoms with Crippen LogP contribution in [0.25, 0.3) is 0 Å². The second-order valence-electron chi connectivity index (χ2n) is 8.14. The van der Waals surface area contributed by atoms with Gasteiger partial charge in [0.25, 0.3) is 0 Å². The van der Waals surface area contributed by atoms with E-state index in [9.17, 15) is 23.5 Å². The topological polar surface area (TPSA) is 98.0 Å². The van der Waals surface area contributed by atoms with Crippen molar-refractivity contribution in [3.8, 4) is 6.07 Å². The second-order valence-corrected chi connectivity index (χ2v) is 8.14. The molecule has 3 aromatic rings. The molecule has 4 rings (SSSR count). The Morgan fingerprint density at radius 1 is 1.21 bits per heavy atom. The zero-order valence-corrected chi connectivity index (χ0v) is 18.5. The fourth-order valence-electron chi connectivity index (χ4n) is 4.08. The van der Waals surface area contributed by atoms with Gasteiger partial charge in [-0.1, -0.05) is 12.1 Å². The molecule has 0 saturated heterocycles. The Labute approximate surface area is 194 Å². The van der Waals surface area contributed by atoms with Gasteiger partial charge in [0.2, 0.25) is 0 Å². The third kappa shape index (κ3) is 4.94. The van der Waals surface area contributed by atoms with E-state index in [4.69, 9.17) is 0 Å². The molecule has 0 fully saturated rings. The lowest BCUT2D eigenvalue weighted by molar-refractivity contribution is -0.141. The molecule has 0 saturated carbocycles. The van der Waals surface area contributed by atoms with Crippen LogP contribution in [0, 0.1) is 18.3 Å². The van der Waals surface area contributed by atoms with Crippen LogP contribution in [-0.2, 0) is 19.1 Å². The van der Waals surface area contributed by atoms with Crippen molar-refractivity contribution in [3.05, 3.63) is 76.5 Å². The van der Waals surface area contributed by atoms with Crippen LogP contribution in [-0.4, -0.2) is 33.2 Å². The molecule has 0 radical (unpaired) electrons. The number of alkyl halides is 3. The molecule has 1 aliphatic heterocycles. The van der Waals surface area contributed by atoms with Crippen LogP contribution in [0.3, 0.4) is 0 Å². The summed E-state index contributed by atoms with van der Waals surface area (Å²) in [6.45, 7) is 2.91. The van der Waals surface area contributed by atoms with Crippen molar-refractivity contribution in [2.75, 3.05) is 23.4 Å². The molecule has 0 spiro atoms. The predicted molar refractivity (Wildman–Crippen MR) is 120 cm³/mol. The van der Waals surface area contributed by atoms with E-state index in [0.717, 1.165) is 28.6 Å². The highest BCUT2D eigenvalue weighted by Crippen LogP contribution is 2.32. The number of aliphatic hydroxyl groups excluding tert-OH is 1. The highest BCUT2D eigenvalue weighted by molar-refractivity contribution is 5.63. The molecule has 2 N–H and O–H groups in total. The van der Waals surface area contributed by atoms with Gasteiger partial charge in [-0.3, -0.25) is 4.98 Å². The molecule has 0 amide bonds. The number of nitrogens with zero attached hydrogens (tertiary/aromatic N) is 5. The van der Waals surface area contributed by atoms with Crippen LogP contribution in [0.4, 0.5) is 24.7 Å². The molecular weight excluding hydrogens is 445 g/mol. The van der Waals surface area contributed by atoms with Crippen LogP contribution in [0.5, 0.6) is 0 Å². The first-order valence-corrected chi connectivity index (χ1v) is 10.8. The third-order valence-corrected chi connectivity index (χ3v) is 5.82. The summed E-state index contributed by atoms with van der Waals surface area (Å²) >= 11 is 0. The molecule has 3 heterocycles. The third-order valence-electron chi connectivity index (χ3n) is 5.82. The van der Waals surface area contributed by atoms with Crippen molar-refractivity contribution in [1.29, 1.82) is 5.26 Å². The first-order chi connectivity index (χ1) is 16.3. The first kappa shape index (κ1) is 23.4. The highest BCUT2D eigenvalue weighted by atomic mass is 19.4. The summed E-state index contributed by atoms with van der Waals surface area (Å²) in [6.07, 6.45) is -0.998. The van der Waals surface area contributed by atoms with Crippen molar-refractivity contribution in [3.63, 3.8) is 0 Å². The summed E-state index contributed by atoms with van der Waals surface area (Å²) in [5.74, 6) is 0.540. The van der Waals surface area contributed by atoms with Crippen molar-refractivity contribution >= 4 is 11.5 Å². The van der Waals surface area contributed by atoms with Crippen LogP contribution < -0.4 is 10.2 Å². The van der Waals surface area contributed by atoms with Gasteiger partial charge in [-0.05, 0) is 42.7 Å². The molecular formula is C24H23F3N6O.